The number of rotatable bonds is 8. The zero-order chi connectivity index (χ0) is 21.1. The number of hydrogen-bond acceptors (Lipinski definition) is 7. The molecule has 0 saturated heterocycles. The summed E-state index contributed by atoms with van der Waals surface area (Å²) in [4.78, 5) is 24.6. The summed E-state index contributed by atoms with van der Waals surface area (Å²) in [6, 6.07) is 8.00. The van der Waals surface area contributed by atoms with E-state index < -0.39 is 10.0 Å². The van der Waals surface area contributed by atoms with E-state index in [1.54, 1.807) is 24.4 Å². The maximum atomic E-state index is 12.5. The molecule has 1 aromatic carbocycles. The average Bonchev–Trinajstić information content (AvgIpc) is 3.47. The quantitative estimate of drug-likeness (QED) is 0.513. The molecule has 9 nitrogen and oxygen atoms in total. The summed E-state index contributed by atoms with van der Waals surface area (Å²) in [5.74, 6) is -0.193. The fraction of sp³-hybridized carbons (Fsp3) is 0.263. The van der Waals surface area contributed by atoms with Crippen molar-refractivity contribution in [1.29, 1.82) is 0 Å². The topological polar surface area (TPSA) is 119 Å². The zero-order valence-electron chi connectivity index (χ0n) is 16.1. The van der Waals surface area contributed by atoms with E-state index >= 15 is 0 Å². The van der Waals surface area contributed by atoms with Gasteiger partial charge in [-0.1, -0.05) is 11.8 Å². The number of anilines is 2. The standard InChI is InChI=1S/C19H20N6O3S2/c1-13(29-19-22-11-12-25(19)15-5-6-15)17(26)23-14-3-7-16(8-4-14)30(27,28)24-18-20-9-2-10-21-18/h2-4,7-13,15H,5-6H2,1H3,(H,23,26)(H,20,21,24)/t13-/m0/s1. The summed E-state index contributed by atoms with van der Waals surface area (Å²) < 4.78 is 29.3. The van der Waals surface area contributed by atoms with Crippen LogP contribution < -0.4 is 10.0 Å². The third kappa shape index (κ3) is 4.79. The van der Waals surface area contributed by atoms with Gasteiger partial charge < -0.3 is 9.88 Å². The normalized spacial score (nSPS) is 14.8. The number of carbonyl (C=O) groups excluding carboxylic acids is 1. The molecular formula is C19H20N6O3S2. The fourth-order valence-electron chi connectivity index (χ4n) is 2.73. The van der Waals surface area contributed by atoms with Crippen LogP contribution in [-0.4, -0.2) is 39.1 Å². The minimum atomic E-state index is -3.82. The maximum absolute atomic E-state index is 12.5. The van der Waals surface area contributed by atoms with Crippen LogP contribution in [0.15, 0.2) is 65.2 Å². The predicted molar refractivity (Wildman–Crippen MR) is 114 cm³/mol. The Balaban J connectivity index is 1.37. The van der Waals surface area contributed by atoms with Gasteiger partial charge in [-0.2, -0.15) is 0 Å². The van der Waals surface area contributed by atoms with Crippen molar-refractivity contribution in [1.82, 2.24) is 19.5 Å². The van der Waals surface area contributed by atoms with Crippen LogP contribution in [0.3, 0.4) is 0 Å². The molecule has 11 heteroatoms. The summed E-state index contributed by atoms with van der Waals surface area (Å²) in [6.07, 6.45) is 8.87. The Labute approximate surface area is 178 Å². The van der Waals surface area contributed by atoms with Crippen LogP contribution in [0.5, 0.6) is 0 Å². The average molecular weight is 445 g/mol. The first-order valence-electron chi connectivity index (χ1n) is 9.32. The molecule has 0 aliphatic heterocycles. The Hall–Kier alpha value is -2.92. The lowest BCUT2D eigenvalue weighted by molar-refractivity contribution is -0.115. The summed E-state index contributed by atoms with van der Waals surface area (Å²) in [5, 5.41) is 3.28. The highest BCUT2D eigenvalue weighted by Crippen LogP contribution is 2.38. The van der Waals surface area contributed by atoms with Crippen LogP contribution in [0.4, 0.5) is 11.6 Å². The highest BCUT2D eigenvalue weighted by molar-refractivity contribution is 8.00. The second kappa shape index (κ2) is 8.44. The van der Waals surface area contributed by atoms with Crippen molar-refractivity contribution in [3.8, 4) is 0 Å². The van der Waals surface area contributed by atoms with Crippen molar-refractivity contribution >= 4 is 39.3 Å². The van der Waals surface area contributed by atoms with E-state index in [9.17, 15) is 13.2 Å². The highest BCUT2D eigenvalue weighted by Gasteiger charge is 2.27. The number of nitrogens with zero attached hydrogens (tertiary/aromatic N) is 4. The molecule has 0 spiro atoms. The molecule has 4 rings (SSSR count). The molecule has 3 aromatic rings. The van der Waals surface area contributed by atoms with Gasteiger partial charge in [0, 0.05) is 36.5 Å². The Bertz CT molecular complexity index is 1130. The number of sulfonamides is 1. The number of benzene rings is 1. The number of carbonyl (C=O) groups is 1. The Morgan fingerprint density at radius 3 is 2.50 bits per heavy atom. The van der Waals surface area contributed by atoms with Crippen molar-refractivity contribution in [2.45, 2.75) is 41.1 Å². The molecule has 1 aliphatic carbocycles. The van der Waals surface area contributed by atoms with Crippen molar-refractivity contribution < 1.29 is 13.2 Å². The van der Waals surface area contributed by atoms with Gasteiger partial charge in [0.05, 0.1) is 10.1 Å². The Morgan fingerprint density at radius 1 is 1.13 bits per heavy atom. The van der Waals surface area contributed by atoms with Crippen LogP contribution in [0, 0.1) is 0 Å². The van der Waals surface area contributed by atoms with Crippen LogP contribution in [0.1, 0.15) is 25.8 Å². The molecule has 0 radical (unpaired) electrons. The predicted octanol–water partition coefficient (Wildman–Crippen LogP) is 2.93. The van der Waals surface area contributed by atoms with E-state index in [0.29, 0.717) is 11.7 Å². The van der Waals surface area contributed by atoms with E-state index in [-0.39, 0.29) is 22.0 Å². The molecule has 1 saturated carbocycles. The summed E-state index contributed by atoms with van der Waals surface area (Å²) in [7, 11) is -3.82. The second-order valence-corrected chi connectivity index (χ2v) is 9.79. The lowest BCUT2D eigenvalue weighted by atomic mass is 10.3. The molecule has 2 aromatic heterocycles. The molecule has 0 unspecified atom stereocenters. The Morgan fingerprint density at radius 2 is 1.83 bits per heavy atom. The number of imidazole rings is 1. The number of amides is 1. The van der Waals surface area contributed by atoms with Crippen LogP contribution in [0.2, 0.25) is 0 Å². The first kappa shape index (κ1) is 20.4. The molecular weight excluding hydrogens is 424 g/mol. The van der Waals surface area contributed by atoms with Gasteiger partial charge in [0.25, 0.3) is 10.0 Å². The van der Waals surface area contributed by atoms with Crippen molar-refractivity contribution in [2.75, 3.05) is 10.0 Å². The molecule has 156 valence electrons. The first-order valence-corrected chi connectivity index (χ1v) is 11.7. The van der Waals surface area contributed by atoms with Gasteiger partial charge in [-0.05, 0) is 50.1 Å². The SMILES string of the molecule is C[C@H](Sc1nccn1C1CC1)C(=O)Nc1ccc(S(=O)(=O)Nc2ncccn2)cc1. The molecule has 1 amide bonds. The van der Waals surface area contributed by atoms with Crippen molar-refractivity contribution in [3.63, 3.8) is 0 Å². The van der Waals surface area contributed by atoms with Crippen molar-refractivity contribution in [2.24, 2.45) is 0 Å². The molecule has 2 N–H and O–H groups in total. The van der Waals surface area contributed by atoms with E-state index in [0.717, 1.165) is 18.0 Å². The smallest absolute Gasteiger partial charge is 0.264 e. The van der Waals surface area contributed by atoms with Gasteiger partial charge in [0.1, 0.15) is 0 Å². The minimum absolute atomic E-state index is 0.00899. The lowest BCUT2D eigenvalue weighted by Crippen LogP contribution is -2.23. The summed E-state index contributed by atoms with van der Waals surface area (Å²) in [6.45, 7) is 1.81. The van der Waals surface area contributed by atoms with Gasteiger partial charge in [-0.3, -0.25) is 4.79 Å². The van der Waals surface area contributed by atoms with Gasteiger partial charge >= 0.3 is 0 Å². The molecule has 1 atom stereocenters. The number of hydrogen-bond donors (Lipinski definition) is 2. The van der Waals surface area contributed by atoms with Crippen LogP contribution in [-0.2, 0) is 14.8 Å². The second-order valence-electron chi connectivity index (χ2n) is 6.80. The van der Waals surface area contributed by atoms with Gasteiger partial charge in [0.15, 0.2) is 5.16 Å². The zero-order valence-corrected chi connectivity index (χ0v) is 17.7. The van der Waals surface area contributed by atoms with Crippen LogP contribution >= 0.6 is 11.8 Å². The highest BCUT2D eigenvalue weighted by atomic mass is 32.2. The van der Waals surface area contributed by atoms with E-state index in [4.69, 9.17) is 0 Å². The monoisotopic (exact) mass is 444 g/mol. The largest absolute Gasteiger partial charge is 0.325 e. The van der Waals surface area contributed by atoms with E-state index in [1.807, 2.05) is 13.1 Å². The third-order valence-electron chi connectivity index (χ3n) is 4.45. The summed E-state index contributed by atoms with van der Waals surface area (Å²) >= 11 is 1.40. The number of aromatic nitrogens is 4. The fourth-order valence-corrected chi connectivity index (χ4v) is 4.62. The number of nitrogens with one attached hydrogen (secondary N) is 2. The maximum Gasteiger partial charge on any atom is 0.264 e. The van der Waals surface area contributed by atoms with Gasteiger partial charge in [-0.15, -0.1) is 0 Å². The molecule has 30 heavy (non-hydrogen) atoms. The molecule has 1 fully saturated rings. The van der Waals surface area contributed by atoms with E-state index in [2.05, 4.69) is 29.6 Å². The minimum Gasteiger partial charge on any atom is -0.325 e. The van der Waals surface area contributed by atoms with Gasteiger partial charge in [-0.25, -0.2) is 28.1 Å². The van der Waals surface area contributed by atoms with Crippen LogP contribution in [0.25, 0.3) is 0 Å². The van der Waals surface area contributed by atoms with E-state index in [1.165, 1.54) is 36.3 Å². The number of thioether (sulfide) groups is 1. The molecule has 2 heterocycles. The third-order valence-corrected chi connectivity index (χ3v) is 6.89. The Kier molecular flexibility index (Phi) is 5.73. The molecule has 0 bridgehead atoms. The van der Waals surface area contributed by atoms with Gasteiger partial charge in [0.2, 0.25) is 11.9 Å². The summed E-state index contributed by atoms with van der Waals surface area (Å²) in [5.41, 5.74) is 0.507. The van der Waals surface area contributed by atoms with Crippen molar-refractivity contribution in [3.05, 3.63) is 55.1 Å². The lowest BCUT2D eigenvalue weighted by Gasteiger charge is -2.13. The molecule has 1 aliphatic rings. The first-order chi connectivity index (χ1) is 14.4.